The lowest BCUT2D eigenvalue weighted by Crippen LogP contribution is -2.36. The van der Waals surface area contributed by atoms with Gasteiger partial charge in [-0.25, -0.2) is 9.18 Å². The second-order valence-corrected chi connectivity index (χ2v) is 7.43. The van der Waals surface area contributed by atoms with Crippen LogP contribution in [0, 0.1) is 5.82 Å². The zero-order valence-electron chi connectivity index (χ0n) is 14.4. The van der Waals surface area contributed by atoms with E-state index in [0.29, 0.717) is 6.61 Å². The van der Waals surface area contributed by atoms with Gasteiger partial charge in [0, 0.05) is 5.41 Å². The molecule has 0 radical (unpaired) electrons. The molecule has 0 spiro atoms. The Morgan fingerprint density at radius 1 is 1.13 bits per heavy atom. The fourth-order valence-electron chi connectivity index (χ4n) is 3.25. The highest BCUT2D eigenvalue weighted by molar-refractivity contribution is 5.71. The summed E-state index contributed by atoms with van der Waals surface area (Å²) in [7, 11) is 0. The van der Waals surface area contributed by atoms with Crippen molar-refractivity contribution in [3.05, 3.63) is 35.6 Å². The minimum Gasteiger partial charge on any atom is -0.458 e. The maximum Gasteiger partial charge on any atom is 0.332 e. The van der Waals surface area contributed by atoms with Gasteiger partial charge >= 0.3 is 5.97 Å². The molecule has 3 nitrogen and oxygen atoms in total. The molecule has 1 aromatic carbocycles. The Hall–Kier alpha value is -1.42. The van der Waals surface area contributed by atoms with Crippen molar-refractivity contribution in [2.24, 2.45) is 0 Å². The van der Waals surface area contributed by atoms with Gasteiger partial charge in [0.05, 0.1) is 6.61 Å². The first-order chi connectivity index (χ1) is 10.8. The summed E-state index contributed by atoms with van der Waals surface area (Å²) in [6.45, 7) is 5.95. The molecule has 0 unspecified atom stereocenters. The highest BCUT2D eigenvalue weighted by atomic mass is 19.1. The summed E-state index contributed by atoms with van der Waals surface area (Å²) < 4.78 is 24.2. The Labute approximate surface area is 138 Å². The summed E-state index contributed by atoms with van der Waals surface area (Å²) >= 11 is 0. The van der Waals surface area contributed by atoms with Crippen LogP contribution in [0.4, 0.5) is 4.39 Å². The first kappa shape index (κ1) is 17.9. The van der Waals surface area contributed by atoms with Gasteiger partial charge in [-0.2, -0.15) is 0 Å². The Kier molecular flexibility index (Phi) is 5.79. The number of rotatable bonds is 5. The minimum absolute atomic E-state index is 0.0415. The molecule has 23 heavy (non-hydrogen) atoms. The second kappa shape index (κ2) is 7.43. The number of carbonyl (C=O) groups is 1. The topological polar surface area (TPSA) is 35.5 Å². The van der Waals surface area contributed by atoms with Crippen LogP contribution in [0.2, 0.25) is 0 Å². The molecular formula is C19H27FO3. The van der Waals surface area contributed by atoms with E-state index in [-0.39, 0.29) is 23.8 Å². The van der Waals surface area contributed by atoms with E-state index in [2.05, 4.69) is 0 Å². The van der Waals surface area contributed by atoms with Crippen LogP contribution in [0.25, 0.3) is 0 Å². The zero-order valence-corrected chi connectivity index (χ0v) is 14.4. The lowest BCUT2D eigenvalue weighted by Gasteiger charge is -2.37. The van der Waals surface area contributed by atoms with E-state index in [0.717, 1.165) is 31.2 Å². The molecule has 0 aliphatic heterocycles. The molecule has 0 saturated heterocycles. The third kappa shape index (κ3) is 5.31. The van der Waals surface area contributed by atoms with Gasteiger partial charge in [0.25, 0.3) is 0 Å². The van der Waals surface area contributed by atoms with Crippen molar-refractivity contribution in [2.75, 3.05) is 13.2 Å². The maximum absolute atomic E-state index is 13.2. The normalized spacial score (nSPS) is 17.7. The van der Waals surface area contributed by atoms with Gasteiger partial charge in [0.15, 0.2) is 0 Å². The quantitative estimate of drug-likeness (QED) is 0.754. The van der Waals surface area contributed by atoms with Crippen LogP contribution in [-0.2, 0) is 19.7 Å². The van der Waals surface area contributed by atoms with E-state index in [1.165, 1.54) is 18.6 Å². The molecule has 1 fully saturated rings. The number of ether oxygens (including phenoxy) is 2. The summed E-state index contributed by atoms with van der Waals surface area (Å²) in [6, 6.07) is 6.69. The molecular weight excluding hydrogens is 295 g/mol. The first-order valence-corrected chi connectivity index (χ1v) is 8.36. The fourth-order valence-corrected chi connectivity index (χ4v) is 3.25. The number of hydrogen-bond acceptors (Lipinski definition) is 3. The van der Waals surface area contributed by atoms with E-state index < -0.39 is 5.60 Å². The number of esters is 1. The maximum atomic E-state index is 13.2. The van der Waals surface area contributed by atoms with Gasteiger partial charge < -0.3 is 9.47 Å². The number of hydrogen-bond donors (Lipinski definition) is 0. The van der Waals surface area contributed by atoms with E-state index in [4.69, 9.17) is 9.47 Å². The molecule has 0 aromatic heterocycles. The molecule has 1 aliphatic rings. The Balaban J connectivity index is 1.99. The summed E-state index contributed by atoms with van der Waals surface area (Å²) in [4.78, 5) is 11.8. The van der Waals surface area contributed by atoms with Gasteiger partial charge in [-0.1, -0.05) is 31.4 Å². The van der Waals surface area contributed by atoms with Crippen molar-refractivity contribution < 1.29 is 18.7 Å². The average Bonchev–Trinajstić information content (AvgIpc) is 2.47. The molecule has 0 amide bonds. The summed E-state index contributed by atoms with van der Waals surface area (Å²) in [5.74, 6) is -0.572. The zero-order chi connectivity index (χ0) is 16.9. The summed E-state index contributed by atoms with van der Waals surface area (Å²) in [6.07, 6.45) is 5.50. The van der Waals surface area contributed by atoms with Crippen LogP contribution >= 0.6 is 0 Å². The van der Waals surface area contributed by atoms with Gasteiger partial charge in [-0.3, -0.25) is 0 Å². The Morgan fingerprint density at radius 3 is 2.30 bits per heavy atom. The summed E-state index contributed by atoms with van der Waals surface area (Å²) in [5.41, 5.74) is 0.483. The van der Waals surface area contributed by atoms with Crippen molar-refractivity contribution >= 4 is 5.97 Å². The van der Waals surface area contributed by atoms with Gasteiger partial charge in [0.1, 0.15) is 18.0 Å². The molecule has 1 aromatic rings. The molecule has 1 saturated carbocycles. The van der Waals surface area contributed by atoms with Crippen molar-refractivity contribution in [3.8, 4) is 0 Å². The van der Waals surface area contributed by atoms with Crippen LogP contribution in [0.3, 0.4) is 0 Å². The van der Waals surface area contributed by atoms with Crippen molar-refractivity contribution in [1.82, 2.24) is 0 Å². The number of benzene rings is 1. The van der Waals surface area contributed by atoms with Crippen molar-refractivity contribution in [1.29, 1.82) is 0 Å². The molecule has 0 heterocycles. The van der Waals surface area contributed by atoms with E-state index >= 15 is 0 Å². The molecule has 0 bridgehead atoms. The van der Waals surface area contributed by atoms with Crippen LogP contribution < -0.4 is 0 Å². The lowest BCUT2D eigenvalue weighted by molar-refractivity contribution is -0.161. The van der Waals surface area contributed by atoms with Crippen LogP contribution in [0.1, 0.15) is 58.4 Å². The smallest absolute Gasteiger partial charge is 0.332 e. The van der Waals surface area contributed by atoms with E-state index in [1.54, 1.807) is 0 Å². The van der Waals surface area contributed by atoms with E-state index in [1.807, 2.05) is 32.9 Å². The summed E-state index contributed by atoms with van der Waals surface area (Å²) in [5, 5.41) is 0. The monoisotopic (exact) mass is 322 g/mol. The largest absolute Gasteiger partial charge is 0.458 e. The fraction of sp³-hybridized carbons (Fsp3) is 0.632. The Morgan fingerprint density at radius 2 is 1.74 bits per heavy atom. The average molecular weight is 322 g/mol. The highest BCUT2D eigenvalue weighted by Crippen LogP contribution is 2.39. The lowest BCUT2D eigenvalue weighted by atomic mass is 9.70. The third-order valence-electron chi connectivity index (χ3n) is 4.29. The van der Waals surface area contributed by atoms with Gasteiger partial charge in [0.2, 0.25) is 0 Å². The predicted octanol–water partition coefficient (Wildman–Crippen LogP) is 4.39. The molecule has 2 rings (SSSR count). The molecule has 1 aliphatic carbocycles. The molecule has 128 valence electrons. The van der Waals surface area contributed by atoms with Crippen LogP contribution in [0.5, 0.6) is 0 Å². The molecule has 4 heteroatoms. The first-order valence-electron chi connectivity index (χ1n) is 8.36. The van der Waals surface area contributed by atoms with Crippen LogP contribution in [-0.4, -0.2) is 24.8 Å². The second-order valence-electron chi connectivity index (χ2n) is 7.43. The predicted molar refractivity (Wildman–Crippen MR) is 87.8 cm³/mol. The van der Waals surface area contributed by atoms with Gasteiger partial charge in [-0.15, -0.1) is 0 Å². The van der Waals surface area contributed by atoms with Crippen molar-refractivity contribution in [2.45, 2.75) is 63.9 Å². The van der Waals surface area contributed by atoms with E-state index in [9.17, 15) is 9.18 Å². The Bertz CT molecular complexity index is 510. The SMILES string of the molecule is CC(C)(C)OC(=O)COCC1(c2ccc(F)cc2)CCCCC1. The van der Waals surface area contributed by atoms with Crippen molar-refractivity contribution in [3.63, 3.8) is 0 Å². The van der Waals surface area contributed by atoms with Gasteiger partial charge in [-0.05, 0) is 51.3 Å². The standard InChI is InChI=1S/C19H27FO3/c1-18(2,3)23-17(21)13-22-14-19(11-5-4-6-12-19)15-7-9-16(20)10-8-15/h7-10H,4-6,11-14H2,1-3H3. The number of carbonyl (C=O) groups excluding carboxylic acids is 1. The van der Waals surface area contributed by atoms with Crippen LogP contribution in [0.15, 0.2) is 24.3 Å². The highest BCUT2D eigenvalue weighted by Gasteiger charge is 2.34. The molecule has 0 N–H and O–H groups in total. The minimum atomic E-state index is -0.500. The number of halogens is 1. The molecule has 0 atom stereocenters. The third-order valence-corrected chi connectivity index (χ3v) is 4.29.